The zero-order chi connectivity index (χ0) is 14.7. The van der Waals surface area contributed by atoms with Crippen molar-refractivity contribution < 1.29 is 14.3 Å². The van der Waals surface area contributed by atoms with Crippen molar-refractivity contribution in [3.05, 3.63) is 48.0 Å². The standard InChI is InChI=1S/C16H16N2O3/c1-20-15-5-3-2-4-13(15)18-16(19)17-12-6-7-14-11(10-12)8-9-21-14/h2-7,10H,8-9H2,1H3,(H2,17,18,19). The Bertz CT molecular complexity index is 670. The van der Waals surface area contributed by atoms with Crippen LogP contribution in [-0.2, 0) is 6.42 Å². The molecule has 1 heterocycles. The molecule has 0 radical (unpaired) electrons. The molecule has 3 rings (SSSR count). The van der Waals surface area contributed by atoms with E-state index in [0.717, 1.165) is 23.4 Å². The molecule has 0 fully saturated rings. The Morgan fingerprint density at radius 1 is 1.19 bits per heavy atom. The van der Waals surface area contributed by atoms with Gasteiger partial charge in [-0.3, -0.25) is 0 Å². The molecule has 0 unspecified atom stereocenters. The predicted molar refractivity (Wildman–Crippen MR) is 81.3 cm³/mol. The summed E-state index contributed by atoms with van der Waals surface area (Å²) in [6.45, 7) is 0.701. The highest BCUT2D eigenvalue weighted by Gasteiger charge is 2.13. The molecule has 5 nitrogen and oxygen atoms in total. The summed E-state index contributed by atoms with van der Waals surface area (Å²) in [4.78, 5) is 12.0. The molecular formula is C16H16N2O3. The van der Waals surface area contributed by atoms with Crippen molar-refractivity contribution >= 4 is 17.4 Å². The summed E-state index contributed by atoms with van der Waals surface area (Å²) in [7, 11) is 1.57. The zero-order valence-corrected chi connectivity index (χ0v) is 11.7. The van der Waals surface area contributed by atoms with Crippen LogP contribution >= 0.6 is 0 Å². The van der Waals surface area contributed by atoms with E-state index in [0.29, 0.717) is 18.0 Å². The first-order chi connectivity index (χ1) is 10.3. The molecule has 2 aromatic rings. The van der Waals surface area contributed by atoms with Crippen LogP contribution < -0.4 is 20.1 Å². The number of carbonyl (C=O) groups excluding carboxylic acids is 1. The summed E-state index contributed by atoms with van der Waals surface area (Å²) in [6.07, 6.45) is 0.874. The highest BCUT2D eigenvalue weighted by molar-refractivity contribution is 6.00. The number of urea groups is 1. The average molecular weight is 284 g/mol. The molecule has 0 bridgehead atoms. The number of rotatable bonds is 3. The largest absolute Gasteiger partial charge is 0.495 e. The molecule has 21 heavy (non-hydrogen) atoms. The fourth-order valence-corrected chi connectivity index (χ4v) is 2.30. The van der Waals surface area contributed by atoms with Crippen LogP contribution in [0.4, 0.5) is 16.2 Å². The van der Waals surface area contributed by atoms with Crippen LogP contribution in [-0.4, -0.2) is 19.7 Å². The van der Waals surface area contributed by atoms with Gasteiger partial charge in [0, 0.05) is 12.1 Å². The fraction of sp³-hybridized carbons (Fsp3) is 0.188. The monoisotopic (exact) mass is 284 g/mol. The highest BCUT2D eigenvalue weighted by Crippen LogP contribution is 2.28. The molecule has 1 aliphatic heterocycles. The third-order valence-corrected chi connectivity index (χ3v) is 3.30. The first-order valence-corrected chi connectivity index (χ1v) is 6.73. The Labute approximate surface area is 122 Å². The first-order valence-electron chi connectivity index (χ1n) is 6.73. The van der Waals surface area contributed by atoms with Gasteiger partial charge in [0.15, 0.2) is 0 Å². The van der Waals surface area contributed by atoms with E-state index in [-0.39, 0.29) is 6.03 Å². The number of carbonyl (C=O) groups is 1. The van der Waals surface area contributed by atoms with Crippen molar-refractivity contribution in [2.75, 3.05) is 24.4 Å². The quantitative estimate of drug-likeness (QED) is 0.909. The Kier molecular flexibility index (Phi) is 3.64. The van der Waals surface area contributed by atoms with Gasteiger partial charge in [-0.25, -0.2) is 4.79 Å². The Morgan fingerprint density at radius 2 is 2.05 bits per heavy atom. The molecule has 0 aromatic heterocycles. The second kappa shape index (κ2) is 5.75. The first kappa shape index (κ1) is 13.3. The lowest BCUT2D eigenvalue weighted by molar-refractivity contribution is 0.262. The van der Waals surface area contributed by atoms with Crippen molar-refractivity contribution in [3.8, 4) is 11.5 Å². The fourth-order valence-electron chi connectivity index (χ4n) is 2.30. The lowest BCUT2D eigenvalue weighted by Gasteiger charge is -2.11. The van der Waals surface area contributed by atoms with Gasteiger partial charge in [-0.2, -0.15) is 0 Å². The molecule has 1 aliphatic rings. The number of fused-ring (bicyclic) bond motifs is 1. The normalized spacial score (nSPS) is 12.2. The number of hydrogen-bond donors (Lipinski definition) is 2. The summed E-state index contributed by atoms with van der Waals surface area (Å²) < 4.78 is 10.6. The Morgan fingerprint density at radius 3 is 2.90 bits per heavy atom. The summed E-state index contributed by atoms with van der Waals surface area (Å²) in [6, 6.07) is 12.6. The van der Waals surface area contributed by atoms with E-state index >= 15 is 0 Å². The molecule has 5 heteroatoms. The van der Waals surface area contributed by atoms with Crippen LogP contribution in [0.5, 0.6) is 11.5 Å². The van der Waals surface area contributed by atoms with Crippen LogP contribution in [0.3, 0.4) is 0 Å². The highest BCUT2D eigenvalue weighted by atomic mass is 16.5. The van der Waals surface area contributed by atoms with E-state index in [4.69, 9.17) is 9.47 Å². The topological polar surface area (TPSA) is 59.6 Å². The SMILES string of the molecule is COc1ccccc1NC(=O)Nc1ccc2c(c1)CCO2. The molecule has 2 N–H and O–H groups in total. The predicted octanol–water partition coefficient (Wildman–Crippen LogP) is 3.27. The van der Waals surface area contributed by atoms with Gasteiger partial charge in [-0.1, -0.05) is 12.1 Å². The molecule has 0 aliphatic carbocycles. The van der Waals surface area contributed by atoms with Crippen LogP contribution in [0.15, 0.2) is 42.5 Å². The minimum atomic E-state index is -0.307. The van der Waals surface area contributed by atoms with Gasteiger partial charge in [0.05, 0.1) is 19.4 Å². The van der Waals surface area contributed by atoms with Crippen molar-refractivity contribution in [1.29, 1.82) is 0 Å². The lowest BCUT2D eigenvalue weighted by Crippen LogP contribution is -2.19. The molecule has 0 saturated carbocycles. The second-order valence-corrected chi connectivity index (χ2v) is 4.70. The Hall–Kier alpha value is -2.69. The van der Waals surface area contributed by atoms with Gasteiger partial charge in [0.1, 0.15) is 11.5 Å². The smallest absolute Gasteiger partial charge is 0.323 e. The zero-order valence-electron chi connectivity index (χ0n) is 11.7. The van der Waals surface area contributed by atoms with E-state index in [1.165, 1.54) is 0 Å². The van der Waals surface area contributed by atoms with Crippen molar-refractivity contribution in [2.24, 2.45) is 0 Å². The Balaban J connectivity index is 1.69. The molecule has 108 valence electrons. The third kappa shape index (κ3) is 2.91. The number of ether oxygens (including phenoxy) is 2. The van der Waals surface area contributed by atoms with Gasteiger partial charge < -0.3 is 20.1 Å². The summed E-state index contributed by atoms with van der Waals surface area (Å²) >= 11 is 0. The molecule has 2 aromatic carbocycles. The third-order valence-electron chi connectivity index (χ3n) is 3.30. The molecule has 0 saturated heterocycles. The molecule has 0 spiro atoms. The number of methoxy groups -OCH3 is 1. The summed E-state index contributed by atoms with van der Waals surface area (Å²) in [5.41, 5.74) is 2.48. The van der Waals surface area contributed by atoms with Gasteiger partial charge in [-0.15, -0.1) is 0 Å². The molecular weight excluding hydrogens is 268 g/mol. The van der Waals surface area contributed by atoms with E-state index in [9.17, 15) is 4.79 Å². The lowest BCUT2D eigenvalue weighted by atomic mass is 10.1. The number of anilines is 2. The number of para-hydroxylation sites is 2. The summed E-state index contributed by atoms with van der Waals surface area (Å²) in [5.74, 6) is 1.51. The van der Waals surface area contributed by atoms with Crippen LogP contribution in [0.25, 0.3) is 0 Å². The maximum absolute atomic E-state index is 12.0. The molecule has 2 amide bonds. The average Bonchev–Trinajstić information content (AvgIpc) is 2.95. The van der Waals surface area contributed by atoms with Crippen molar-refractivity contribution in [1.82, 2.24) is 0 Å². The van der Waals surface area contributed by atoms with Crippen molar-refractivity contribution in [3.63, 3.8) is 0 Å². The van der Waals surface area contributed by atoms with Gasteiger partial charge in [0.2, 0.25) is 0 Å². The number of benzene rings is 2. The number of amides is 2. The van der Waals surface area contributed by atoms with Gasteiger partial charge in [-0.05, 0) is 35.9 Å². The van der Waals surface area contributed by atoms with Crippen molar-refractivity contribution in [2.45, 2.75) is 6.42 Å². The second-order valence-electron chi connectivity index (χ2n) is 4.70. The van der Waals surface area contributed by atoms with Gasteiger partial charge in [0.25, 0.3) is 0 Å². The maximum atomic E-state index is 12.0. The van der Waals surface area contributed by atoms with E-state index in [1.54, 1.807) is 19.2 Å². The van der Waals surface area contributed by atoms with Crippen LogP contribution in [0.2, 0.25) is 0 Å². The van der Waals surface area contributed by atoms with Crippen LogP contribution in [0, 0.1) is 0 Å². The minimum absolute atomic E-state index is 0.307. The molecule has 0 atom stereocenters. The van der Waals surface area contributed by atoms with Crippen LogP contribution in [0.1, 0.15) is 5.56 Å². The minimum Gasteiger partial charge on any atom is -0.495 e. The number of hydrogen-bond acceptors (Lipinski definition) is 3. The summed E-state index contributed by atoms with van der Waals surface area (Å²) in [5, 5.41) is 5.58. The van der Waals surface area contributed by atoms with E-state index in [1.807, 2.05) is 30.3 Å². The number of nitrogens with one attached hydrogen (secondary N) is 2. The van der Waals surface area contributed by atoms with E-state index < -0.39 is 0 Å². The van der Waals surface area contributed by atoms with Gasteiger partial charge >= 0.3 is 6.03 Å². The van der Waals surface area contributed by atoms with E-state index in [2.05, 4.69) is 10.6 Å². The maximum Gasteiger partial charge on any atom is 0.323 e.